The van der Waals surface area contributed by atoms with E-state index in [4.69, 9.17) is 0 Å². The zero-order valence-corrected chi connectivity index (χ0v) is 13.4. The first kappa shape index (κ1) is 17.8. The van der Waals surface area contributed by atoms with Crippen molar-refractivity contribution < 1.29 is 18.7 Å². The second-order valence-corrected chi connectivity index (χ2v) is 6.34. The van der Waals surface area contributed by atoms with Gasteiger partial charge in [-0.2, -0.15) is 0 Å². The molecule has 6 heteroatoms. The van der Waals surface area contributed by atoms with Crippen LogP contribution in [0.5, 0.6) is 0 Å². The summed E-state index contributed by atoms with van der Waals surface area (Å²) in [5, 5.41) is 12.2. The van der Waals surface area contributed by atoms with Crippen molar-refractivity contribution in [2.24, 2.45) is 5.41 Å². The second-order valence-electron chi connectivity index (χ2n) is 6.34. The average molecular weight is 326 g/mol. The number of carbonyl (C=O) groups is 1. The van der Waals surface area contributed by atoms with Gasteiger partial charge < -0.3 is 10.4 Å². The minimum Gasteiger partial charge on any atom is -0.396 e. The van der Waals surface area contributed by atoms with Crippen LogP contribution in [-0.2, 0) is 11.3 Å². The van der Waals surface area contributed by atoms with Crippen LogP contribution in [0.4, 0.5) is 8.78 Å². The number of amides is 1. The first-order valence-electron chi connectivity index (χ1n) is 8.01. The lowest BCUT2D eigenvalue weighted by Crippen LogP contribution is -2.45. The van der Waals surface area contributed by atoms with Crippen molar-refractivity contribution in [2.75, 3.05) is 26.2 Å². The summed E-state index contributed by atoms with van der Waals surface area (Å²) in [4.78, 5) is 14.0. The Kier molecular flexibility index (Phi) is 6.07. The van der Waals surface area contributed by atoms with Crippen LogP contribution >= 0.6 is 0 Å². The van der Waals surface area contributed by atoms with Gasteiger partial charge in [0.15, 0.2) is 0 Å². The summed E-state index contributed by atoms with van der Waals surface area (Å²) in [5.74, 6) is -1.46. The molecule has 0 bridgehead atoms. The van der Waals surface area contributed by atoms with Gasteiger partial charge in [0, 0.05) is 19.2 Å². The standard InChI is InChI=1S/C17H24F2N2O2/c1-2-17(12-22)3-5-21(6-4-17)11-16(23)20-10-13-7-14(18)9-15(19)8-13/h7-9,22H,2-6,10-12H2,1H3,(H,20,23). The highest BCUT2D eigenvalue weighted by Gasteiger charge is 2.32. The summed E-state index contributed by atoms with van der Waals surface area (Å²) < 4.78 is 26.2. The van der Waals surface area contributed by atoms with E-state index in [-0.39, 0.29) is 31.0 Å². The van der Waals surface area contributed by atoms with Gasteiger partial charge in [-0.15, -0.1) is 0 Å². The number of hydrogen-bond acceptors (Lipinski definition) is 3. The lowest BCUT2D eigenvalue weighted by Gasteiger charge is -2.39. The molecule has 0 unspecified atom stereocenters. The normalized spacial score (nSPS) is 17.9. The molecule has 0 saturated carbocycles. The van der Waals surface area contributed by atoms with Gasteiger partial charge in [-0.05, 0) is 55.5 Å². The number of halogens is 2. The maximum Gasteiger partial charge on any atom is 0.234 e. The van der Waals surface area contributed by atoms with Gasteiger partial charge in [-0.3, -0.25) is 9.69 Å². The molecule has 0 spiro atoms. The van der Waals surface area contributed by atoms with Crippen molar-refractivity contribution in [3.05, 3.63) is 35.4 Å². The molecule has 2 N–H and O–H groups in total. The Bertz CT molecular complexity index is 517. The van der Waals surface area contributed by atoms with Gasteiger partial charge in [0.1, 0.15) is 11.6 Å². The molecular weight excluding hydrogens is 302 g/mol. The third-order valence-corrected chi connectivity index (χ3v) is 4.78. The van der Waals surface area contributed by atoms with E-state index in [2.05, 4.69) is 12.2 Å². The van der Waals surface area contributed by atoms with Crippen molar-refractivity contribution in [1.82, 2.24) is 10.2 Å². The van der Waals surface area contributed by atoms with Crippen molar-refractivity contribution in [1.29, 1.82) is 0 Å². The molecule has 128 valence electrons. The van der Waals surface area contributed by atoms with Crippen LogP contribution in [0.1, 0.15) is 31.7 Å². The smallest absolute Gasteiger partial charge is 0.234 e. The van der Waals surface area contributed by atoms with Crippen LogP contribution in [0, 0.1) is 17.0 Å². The number of aliphatic hydroxyl groups excluding tert-OH is 1. The summed E-state index contributed by atoms with van der Waals surface area (Å²) in [6.07, 6.45) is 2.69. The van der Waals surface area contributed by atoms with Crippen LogP contribution in [0.2, 0.25) is 0 Å². The van der Waals surface area contributed by atoms with E-state index in [9.17, 15) is 18.7 Å². The molecule has 0 aromatic heterocycles. The maximum absolute atomic E-state index is 13.1. The number of aliphatic hydroxyl groups is 1. The quantitative estimate of drug-likeness (QED) is 0.841. The van der Waals surface area contributed by atoms with E-state index < -0.39 is 11.6 Å². The monoisotopic (exact) mass is 326 g/mol. The van der Waals surface area contributed by atoms with Crippen LogP contribution in [0.15, 0.2) is 18.2 Å². The number of benzene rings is 1. The maximum atomic E-state index is 13.1. The molecule has 0 radical (unpaired) electrons. The minimum atomic E-state index is -0.648. The second kappa shape index (κ2) is 7.84. The van der Waals surface area contributed by atoms with Crippen molar-refractivity contribution in [2.45, 2.75) is 32.7 Å². The van der Waals surface area contributed by atoms with E-state index >= 15 is 0 Å². The SMILES string of the molecule is CCC1(CO)CCN(CC(=O)NCc2cc(F)cc(F)c2)CC1. The first-order valence-corrected chi connectivity index (χ1v) is 8.01. The number of piperidine rings is 1. The zero-order valence-electron chi connectivity index (χ0n) is 13.4. The van der Waals surface area contributed by atoms with Crippen LogP contribution in [0.3, 0.4) is 0 Å². The molecule has 1 saturated heterocycles. The molecule has 0 aliphatic carbocycles. The van der Waals surface area contributed by atoms with Crippen LogP contribution in [-0.4, -0.2) is 42.2 Å². The molecule has 1 aromatic carbocycles. The third kappa shape index (κ3) is 4.97. The Morgan fingerprint density at radius 1 is 1.26 bits per heavy atom. The number of nitrogens with one attached hydrogen (secondary N) is 1. The number of carbonyl (C=O) groups excluding carboxylic acids is 1. The number of nitrogens with zero attached hydrogens (tertiary/aromatic N) is 1. The molecular formula is C17H24F2N2O2. The highest BCUT2D eigenvalue weighted by atomic mass is 19.1. The van der Waals surface area contributed by atoms with Gasteiger partial charge in [0.25, 0.3) is 0 Å². The fourth-order valence-corrected chi connectivity index (χ4v) is 2.98. The van der Waals surface area contributed by atoms with Gasteiger partial charge >= 0.3 is 0 Å². The highest BCUT2D eigenvalue weighted by molar-refractivity contribution is 5.78. The number of rotatable bonds is 6. The van der Waals surface area contributed by atoms with Crippen LogP contribution < -0.4 is 5.32 Å². The van der Waals surface area contributed by atoms with Gasteiger partial charge in [-0.1, -0.05) is 6.92 Å². The Morgan fingerprint density at radius 2 is 1.87 bits per heavy atom. The fourth-order valence-electron chi connectivity index (χ4n) is 2.98. The largest absolute Gasteiger partial charge is 0.396 e. The van der Waals surface area contributed by atoms with E-state index in [1.807, 2.05) is 4.90 Å². The molecule has 1 aliphatic heterocycles. The average Bonchev–Trinajstić information content (AvgIpc) is 2.53. The Morgan fingerprint density at radius 3 is 2.39 bits per heavy atom. The number of hydrogen-bond donors (Lipinski definition) is 2. The Balaban J connectivity index is 1.77. The molecule has 0 atom stereocenters. The van der Waals surface area contributed by atoms with Gasteiger partial charge in [0.05, 0.1) is 6.54 Å². The van der Waals surface area contributed by atoms with Crippen molar-refractivity contribution >= 4 is 5.91 Å². The van der Waals surface area contributed by atoms with Crippen molar-refractivity contribution in [3.8, 4) is 0 Å². The van der Waals surface area contributed by atoms with Gasteiger partial charge in [-0.25, -0.2) is 8.78 Å². The third-order valence-electron chi connectivity index (χ3n) is 4.78. The van der Waals surface area contributed by atoms with E-state index in [1.165, 1.54) is 12.1 Å². The first-order chi connectivity index (χ1) is 11.0. The van der Waals surface area contributed by atoms with Gasteiger partial charge in [0.2, 0.25) is 5.91 Å². The summed E-state index contributed by atoms with van der Waals surface area (Å²) in [6.45, 7) is 4.19. The summed E-state index contributed by atoms with van der Waals surface area (Å²) in [5.41, 5.74) is 0.395. The summed E-state index contributed by atoms with van der Waals surface area (Å²) in [7, 11) is 0. The predicted octanol–water partition coefficient (Wildman–Crippen LogP) is 2.07. The van der Waals surface area contributed by atoms with E-state index in [0.717, 1.165) is 38.4 Å². The van der Waals surface area contributed by atoms with E-state index in [1.54, 1.807) is 0 Å². The Labute approximate surface area is 135 Å². The summed E-state index contributed by atoms with van der Waals surface area (Å²) >= 11 is 0. The fraction of sp³-hybridized carbons (Fsp3) is 0.588. The highest BCUT2D eigenvalue weighted by Crippen LogP contribution is 2.33. The lowest BCUT2D eigenvalue weighted by atomic mass is 9.77. The molecule has 1 aliphatic rings. The zero-order chi connectivity index (χ0) is 16.9. The minimum absolute atomic E-state index is 0.00787. The molecule has 1 amide bonds. The molecule has 23 heavy (non-hydrogen) atoms. The van der Waals surface area contributed by atoms with E-state index in [0.29, 0.717) is 5.56 Å². The Hall–Kier alpha value is -1.53. The topological polar surface area (TPSA) is 52.6 Å². The molecule has 1 fully saturated rings. The number of likely N-dealkylation sites (tertiary alicyclic amines) is 1. The molecule has 1 aromatic rings. The van der Waals surface area contributed by atoms with Crippen LogP contribution in [0.25, 0.3) is 0 Å². The molecule has 4 nitrogen and oxygen atoms in total. The molecule has 2 rings (SSSR count). The molecule has 1 heterocycles. The summed E-state index contributed by atoms with van der Waals surface area (Å²) in [6, 6.07) is 3.22. The lowest BCUT2D eigenvalue weighted by molar-refractivity contribution is -0.123. The predicted molar refractivity (Wildman–Crippen MR) is 83.7 cm³/mol. The van der Waals surface area contributed by atoms with Crippen molar-refractivity contribution in [3.63, 3.8) is 0 Å².